The summed E-state index contributed by atoms with van der Waals surface area (Å²) in [7, 11) is 3.25. The molecule has 0 amide bonds. The van der Waals surface area contributed by atoms with E-state index in [1.54, 1.807) is 20.4 Å². The Bertz CT molecular complexity index is 541. The number of nitrogens with zero attached hydrogens (tertiary/aromatic N) is 1. The van der Waals surface area contributed by atoms with Gasteiger partial charge in [-0.05, 0) is 35.4 Å². The van der Waals surface area contributed by atoms with Crippen molar-refractivity contribution in [2.24, 2.45) is 5.73 Å². The number of rotatable bonds is 4. The monoisotopic (exact) mass is 244 g/mol. The van der Waals surface area contributed by atoms with Gasteiger partial charge in [0.25, 0.3) is 0 Å². The van der Waals surface area contributed by atoms with Gasteiger partial charge in [-0.2, -0.15) is 0 Å². The lowest BCUT2D eigenvalue weighted by molar-refractivity contribution is 0.355. The molecule has 0 aliphatic heterocycles. The molecule has 4 heteroatoms. The normalized spacial score (nSPS) is 10.2. The highest BCUT2D eigenvalue weighted by molar-refractivity contribution is 5.67. The largest absolute Gasteiger partial charge is 0.493 e. The average Bonchev–Trinajstić information content (AvgIpc) is 2.46. The van der Waals surface area contributed by atoms with E-state index in [1.165, 1.54) is 0 Å². The second-order valence-corrected chi connectivity index (χ2v) is 3.81. The third-order valence-electron chi connectivity index (χ3n) is 2.74. The van der Waals surface area contributed by atoms with Gasteiger partial charge in [-0.1, -0.05) is 6.07 Å². The number of pyridine rings is 1. The van der Waals surface area contributed by atoms with E-state index in [2.05, 4.69) is 4.98 Å². The number of ether oxygens (including phenoxy) is 2. The van der Waals surface area contributed by atoms with Gasteiger partial charge in [0.05, 0.1) is 19.9 Å². The highest BCUT2D eigenvalue weighted by Gasteiger charge is 2.06. The molecule has 2 rings (SSSR count). The van der Waals surface area contributed by atoms with Gasteiger partial charge < -0.3 is 15.2 Å². The molecule has 0 saturated heterocycles. The van der Waals surface area contributed by atoms with Gasteiger partial charge in [0.15, 0.2) is 11.5 Å². The number of nitrogens with two attached hydrogens (primary N) is 1. The molecule has 0 spiro atoms. The van der Waals surface area contributed by atoms with Crippen LogP contribution in [0.4, 0.5) is 0 Å². The van der Waals surface area contributed by atoms with E-state index in [9.17, 15) is 0 Å². The summed E-state index contributed by atoms with van der Waals surface area (Å²) in [5, 5.41) is 0. The van der Waals surface area contributed by atoms with E-state index in [1.807, 2.05) is 30.3 Å². The minimum Gasteiger partial charge on any atom is -0.493 e. The Morgan fingerprint density at radius 1 is 1.00 bits per heavy atom. The highest BCUT2D eigenvalue weighted by Crippen LogP contribution is 2.32. The van der Waals surface area contributed by atoms with Crippen LogP contribution in [0.2, 0.25) is 0 Å². The lowest BCUT2D eigenvalue weighted by Gasteiger charge is -2.10. The molecule has 1 aromatic heterocycles. The Hall–Kier alpha value is -2.07. The van der Waals surface area contributed by atoms with Crippen molar-refractivity contribution < 1.29 is 9.47 Å². The highest BCUT2D eigenvalue weighted by atomic mass is 16.5. The first kappa shape index (κ1) is 12.4. The van der Waals surface area contributed by atoms with Gasteiger partial charge in [-0.25, -0.2) is 0 Å². The zero-order valence-corrected chi connectivity index (χ0v) is 10.5. The fourth-order valence-electron chi connectivity index (χ4n) is 1.79. The van der Waals surface area contributed by atoms with Gasteiger partial charge in [0.1, 0.15) is 0 Å². The topological polar surface area (TPSA) is 57.4 Å². The summed E-state index contributed by atoms with van der Waals surface area (Å²) in [6.45, 7) is 0.432. The smallest absolute Gasteiger partial charge is 0.161 e. The molecule has 0 fully saturated rings. The first-order chi connectivity index (χ1) is 8.78. The van der Waals surface area contributed by atoms with Crippen LogP contribution in [0.5, 0.6) is 11.5 Å². The summed E-state index contributed by atoms with van der Waals surface area (Å²) in [4.78, 5) is 4.18. The number of hydrogen-bond acceptors (Lipinski definition) is 4. The van der Waals surface area contributed by atoms with Crippen molar-refractivity contribution in [3.05, 3.63) is 42.2 Å². The molecular formula is C14H16N2O2. The SMILES string of the molecule is COc1ccc(-c2ccnc(CN)c2)cc1OC. The second kappa shape index (κ2) is 5.51. The van der Waals surface area contributed by atoms with Gasteiger partial charge in [0, 0.05) is 12.7 Å². The molecule has 0 saturated carbocycles. The first-order valence-corrected chi connectivity index (χ1v) is 5.66. The second-order valence-electron chi connectivity index (χ2n) is 3.81. The standard InChI is InChI=1S/C14H16N2O2/c1-17-13-4-3-10(8-14(13)18-2)11-5-6-16-12(7-11)9-15/h3-8H,9,15H2,1-2H3. The summed E-state index contributed by atoms with van der Waals surface area (Å²) in [6.07, 6.45) is 1.76. The van der Waals surface area contributed by atoms with E-state index in [0.29, 0.717) is 18.0 Å². The zero-order chi connectivity index (χ0) is 13.0. The molecule has 0 bridgehead atoms. The Kier molecular flexibility index (Phi) is 3.79. The Balaban J connectivity index is 2.43. The maximum atomic E-state index is 5.59. The fraction of sp³-hybridized carbons (Fsp3) is 0.214. The van der Waals surface area contributed by atoms with Crippen molar-refractivity contribution in [1.82, 2.24) is 4.98 Å². The summed E-state index contributed by atoms with van der Waals surface area (Å²) in [5.74, 6) is 1.43. The van der Waals surface area contributed by atoms with E-state index >= 15 is 0 Å². The van der Waals surface area contributed by atoms with Gasteiger partial charge in [-0.15, -0.1) is 0 Å². The lowest BCUT2D eigenvalue weighted by Crippen LogP contribution is -1.99. The van der Waals surface area contributed by atoms with E-state index in [-0.39, 0.29) is 0 Å². The molecule has 4 nitrogen and oxygen atoms in total. The molecule has 18 heavy (non-hydrogen) atoms. The predicted octanol–water partition coefficient (Wildman–Crippen LogP) is 2.22. The molecule has 0 aliphatic carbocycles. The maximum Gasteiger partial charge on any atom is 0.161 e. The molecule has 2 aromatic rings. The van der Waals surface area contributed by atoms with Crippen LogP contribution in [0.1, 0.15) is 5.69 Å². The van der Waals surface area contributed by atoms with Crippen LogP contribution >= 0.6 is 0 Å². The van der Waals surface area contributed by atoms with Gasteiger partial charge >= 0.3 is 0 Å². The molecule has 0 radical (unpaired) electrons. The molecule has 0 aliphatic rings. The van der Waals surface area contributed by atoms with Crippen LogP contribution < -0.4 is 15.2 Å². The van der Waals surface area contributed by atoms with Crippen molar-refractivity contribution in [2.45, 2.75) is 6.54 Å². The Morgan fingerprint density at radius 2 is 1.72 bits per heavy atom. The van der Waals surface area contributed by atoms with E-state index in [4.69, 9.17) is 15.2 Å². The van der Waals surface area contributed by atoms with Crippen molar-refractivity contribution in [2.75, 3.05) is 14.2 Å². The molecule has 1 aromatic carbocycles. The number of benzene rings is 1. The lowest BCUT2D eigenvalue weighted by atomic mass is 10.1. The fourth-order valence-corrected chi connectivity index (χ4v) is 1.79. The third kappa shape index (κ3) is 2.43. The number of hydrogen-bond donors (Lipinski definition) is 1. The molecule has 94 valence electrons. The quantitative estimate of drug-likeness (QED) is 0.896. The van der Waals surface area contributed by atoms with E-state index in [0.717, 1.165) is 16.8 Å². The zero-order valence-electron chi connectivity index (χ0n) is 10.5. The van der Waals surface area contributed by atoms with Crippen molar-refractivity contribution >= 4 is 0 Å². The molecular weight excluding hydrogens is 228 g/mol. The van der Waals surface area contributed by atoms with Crippen LogP contribution in [0, 0.1) is 0 Å². The Morgan fingerprint density at radius 3 is 2.39 bits per heavy atom. The minimum absolute atomic E-state index is 0.432. The number of methoxy groups -OCH3 is 2. The summed E-state index contributed by atoms with van der Waals surface area (Å²) < 4.78 is 10.5. The molecule has 2 N–H and O–H groups in total. The van der Waals surface area contributed by atoms with Crippen molar-refractivity contribution in [3.63, 3.8) is 0 Å². The predicted molar refractivity (Wildman–Crippen MR) is 70.7 cm³/mol. The van der Waals surface area contributed by atoms with Crippen LogP contribution in [-0.4, -0.2) is 19.2 Å². The van der Waals surface area contributed by atoms with Crippen LogP contribution in [0.15, 0.2) is 36.5 Å². The number of aromatic nitrogens is 1. The molecule has 0 unspecified atom stereocenters. The maximum absolute atomic E-state index is 5.59. The summed E-state index contributed by atoms with van der Waals surface area (Å²) >= 11 is 0. The third-order valence-corrected chi connectivity index (χ3v) is 2.74. The average molecular weight is 244 g/mol. The minimum atomic E-state index is 0.432. The molecule has 1 heterocycles. The van der Waals surface area contributed by atoms with Crippen LogP contribution in [0.25, 0.3) is 11.1 Å². The van der Waals surface area contributed by atoms with Crippen LogP contribution in [0.3, 0.4) is 0 Å². The molecule has 0 atom stereocenters. The summed E-state index contributed by atoms with van der Waals surface area (Å²) in [5.41, 5.74) is 8.56. The van der Waals surface area contributed by atoms with Gasteiger partial charge in [-0.3, -0.25) is 4.98 Å². The van der Waals surface area contributed by atoms with Crippen LogP contribution in [-0.2, 0) is 6.54 Å². The Labute approximate surface area is 106 Å². The van der Waals surface area contributed by atoms with Gasteiger partial charge in [0.2, 0.25) is 0 Å². The first-order valence-electron chi connectivity index (χ1n) is 5.66. The summed E-state index contributed by atoms with van der Waals surface area (Å²) in [6, 6.07) is 9.73. The van der Waals surface area contributed by atoms with E-state index < -0.39 is 0 Å². The van der Waals surface area contributed by atoms with Crippen molar-refractivity contribution in [3.8, 4) is 22.6 Å². The van der Waals surface area contributed by atoms with Crippen molar-refractivity contribution in [1.29, 1.82) is 0 Å².